The molecule has 0 bridgehead atoms. The summed E-state index contributed by atoms with van der Waals surface area (Å²) in [6, 6.07) is 1.89. The molecule has 0 aliphatic heterocycles. The number of nitrogens with two attached hydrogens (primary N) is 2. The SMILES string of the molecule is NC(=O)c1cc(N)c(C(F)(F)F)c(Br)c1. The van der Waals surface area contributed by atoms with Crippen molar-refractivity contribution in [2.24, 2.45) is 5.73 Å². The first-order valence-corrected chi connectivity index (χ1v) is 4.49. The van der Waals surface area contributed by atoms with Crippen LogP contribution in [0, 0.1) is 0 Å². The van der Waals surface area contributed by atoms with E-state index in [-0.39, 0.29) is 10.0 Å². The fourth-order valence-corrected chi connectivity index (χ4v) is 1.77. The van der Waals surface area contributed by atoms with Crippen molar-refractivity contribution >= 4 is 27.5 Å². The predicted octanol–water partition coefficient (Wildman–Crippen LogP) is 2.15. The minimum absolute atomic E-state index is 0.0765. The maximum absolute atomic E-state index is 12.4. The quantitative estimate of drug-likeness (QED) is 0.775. The summed E-state index contributed by atoms with van der Waals surface area (Å²) in [7, 11) is 0. The summed E-state index contributed by atoms with van der Waals surface area (Å²) >= 11 is 2.69. The third-order valence-electron chi connectivity index (χ3n) is 1.69. The lowest BCUT2D eigenvalue weighted by atomic mass is 10.1. The summed E-state index contributed by atoms with van der Waals surface area (Å²) in [6.07, 6.45) is -4.57. The number of primary amides is 1. The highest BCUT2D eigenvalue weighted by molar-refractivity contribution is 9.10. The van der Waals surface area contributed by atoms with Crippen molar-refractivity contribution in [2.75, 3.05) is 5.73 Å². The summed E-state index contributed by atoms with van der Waals surface area (Å²) < 4.78 is 36.9. The normalized spacial score (nSPS) is 11.5. The standard InChI is InChI=1S/C8H6BrF3N2O/c9-4-1-3(7(14)15)2-5(13)6(4)8(10,11)12/h1-2H,13H2,(H2,14,15). The Kier molecular flexibility index (Phi) is 2.94. The van der Waals surface area contributed by atoms with Gasteiger partial charge < -0.3 is 11.5 Å². The molecule has 0 unspecified atom stereocenters. The molecule has 4 N–H and O–H groups in total. The van der Waals surface area contributed by atoms with Crippen molar-refractivity contribution in [3.63, 3.8) is 0 Å². The van der Waals surface area contributed by atoms with Crippen LogP contribution in [0.2, 0.25) is 0 Å². The average Bonchev–Trinajstić information content (AvgIpc) is 1.99. The zero-order valence-electron chi connectivity index (χ0n) is 7.23. The number of halogens is 4. The molecule has 0 aliphatic carbocycles. The molecular formula is C8H6BrF3N2O. The molecule has 0 aliphatic rings. The van der Waals surface area contributed by atoms with Crippen molar-refractivity contribution in [1.29, 1.82) is 0 Å². The average molecular weight is 283 g/mol. The molecule has 0 saturated carbocycles. The van der Waals surface area contributed by atoms with Crippen LogP contribution in [0.15, 0.2) is 16.6 Å². The Morgan fingerprint density at radius 2 is 1.87 bits per heavy atom. The molecule has 15 heavy (non-hydrogen) atoms. The fourth-order valence-electron chi connectivity index (χ4n) is 1.07. The van der Waals surface area contributed by atoms with E-state index in [1.165, 1.54) is 0 Å². The number of benzene rings is 1. The number of amides is 1. The van der Waals surface area contributed by atoms with E-state index < -0.39 is 23.3 Å². The van der Waals surface area contributed by atoms with Crippen LogP contribution in [-0.4, -0.2) is 5.91 Å². The molecular weight excluding hydrogens is 277 g/mol. The van der Waals surface area contributed by atoms with Crippen LogP contribution in [0.25, 0.3) is 0 Å². The molecule has 82 valence electrons. The Morgan fingerprint density at radius 1 is 1.33 bits per heavy atom. The number of nitrogen functional groups attached to an aromatic ring is 1. The molecule has 1 aromatic carbocycles. The molecule has 3 nitrogen and oxygen atoms in total. The van der Waals surface area contributed by atoms with Gasteiger partial charge >= 0.3 is 6.18 Å². The summed E-state index contributed by atoms with van der Waals surface area (Å²) in [5.74, 6) is -0.837. The molecule has 7 heteroatoms. The highest BCUT2D eigenvalue weighted by Gasteiger charge is 2.35. The van der Waals surface area contributed by atoms with Crippen molar-refractivity contribution in [2.45, 2.75) is 6.18 Å². The molecule has 0 spiro atoms. The van der Waals surface area contributed by atoms with Gasteiger partial charge in [0.15, 0.2) is 0 Å². The lowest BCUT2D eigenvalue weighted by Gasteiger charge is -2.12. The van der Waals surface area contributed by atoms with Crippen molar-refractivity contribution in [3.05, 3.63) is 27.7 Å². The predicted molar refractivity (Wildman–Crippen MR) is 52.1 cm³/mol. The second-order valence-electron chi connectivity index (χ2n) is 2.78. The van der Waals surface area contributed by atoms with Crippen molar-refractivity contribution in [3.8, 4) is 0 Å². The van der Waals surface area contributed by atoms with Crippen LogP contribution in [0.3, 0.4) is 0 Å². The smallest absolute Gasteiger partial charge is 0.398 e. The van der Waals surface area contributed by atoms with E-state index >= 15 is 0 Å². The Bertz CT molecular complexity index is 394. The van der Waals surface area contributed by atoms with E-state index in [0.29, 0.717) is 0 Å². The van der Waals surface area contributed by atoms with Crippen LogP contribution in [0.5, 0.6) is 0 Å². The van der Waals surface area contributed by atoms with Crippen LogP contribution >= 0.6 is 15.9 Å². The Labute approximate surface area is 91.4 Å². The minimum Gasteiger partial charge on any atom is -0.398 e. The van der Waals surface area contributed by atoms with E-state index in [4.69, 9.17) is 11.5 Å². The first-order valence-electron chi connectivity index (χ1n) is 3.69. The second kappa shape index (κ2) is 3.73. The maximum Gasteiger partial charge on any atom is 0.419 e. The third-order valence-corrected chi connectivity index (χ3v) is 2.31. The number of anilines is 1. The molecule has 0 saturated heterocycles. The van der Waals surface area contributed by atoms with Gasteiger partial charge in [0.1, 0.15) is 0 Å². The van der Waals surface area contributed by atoms with Gasteiger partial charge in [0.2, 0.25) is 5.91 Å². The lowest BCUT2D eigenvalue weighted by molar-refractivity contribution is -0.137. The van der Waals surface area contributed by atoms with Gasteiger partial charge in [-0.05, 0) is 12.1 Å². The highest BCUT2D eigenvalue weighted by atomic mass is 79.9. The van der Waals surface area contributed by atoms with E-state index in [2.05, 4.69) is 15.9 Å². The van der Waals surface area contributed by atoms with E-state index in [0.717, 1.165) is 12.1 Å². The zero-order chi connectivity index (χ0) is 11.8. The van der Waals surface area contributed by atoms with Gasteiger partial charge in [0.25, 0.3) is 0 Å². The summed E-state index contributed by atoms with van der Waals surface area (Å²) in [4.78, 5) is 10.7. The second-order valence-corrected chi connectivity index (χ2v) is 3.64. The molecule has 0 atom stereocenters. The molecule has 1 amide bonds. The van der Waals surface area contributed by atoms with Gasteiger partial charge in [-0.1, -0.05) is 15.9 Å². The minimum atomic E-state index is -4.57. The highest BCUT2D eigenvalue weighted by Crippen LogP contribution is 2.39. The number of alkyl halides is 3. The first-order chi connectivity index (χ1) is 6.73. The zero-order valence-corrected chi connectivity index (χ0v) is 8.82. The molecule has 1 aromatic rings. The van der Waals surface area contributed by atoms with E-state index in [9.17, 15) is 18.0 Å². The number of rotatable bonds is 1. The largest absolute Gasteiger partial charge is 0.419 e. The van der Waals surface area contributed by atoms with Crippen LogP contribution in [0.1, 0.15) is 15.9 Å². The number of hydrogen-bond donors (Lipinski definition) is 2. The van der Waals surface area contributed by atoms with E-state index in [1.807, 2.05) is 0 Å². The van der Waals surface area contributed by atoms with Gasteiger partial charge in [0.05, 0.1) is 5.56 Å². The lowest BCUT2D eigenvalue weighted by Crippen LogP contribution is -2.15. The number of carbonyl (C=O) groups excluding carboxylic acids is 1. The molecule has 0 heterocycles. The van der Waals surface area contributed by atoms with Crippen LogP contribution < -0.4 is 11.5 Å². The van der Waals surface area contributed by atoms with E-state index in [1.54, 1.807) is 0 Å². The third kappa shape index (κ3) is 2.41. The first kappa shape index (κ1) is 11.8. The Morgan fingerprint density at radius 3 is 2.20 bits per heavy atom. The number of carbonyl (C=O) groups is 1. The van der Waals surface area contributed by atoms with Gasteiger partial charge in [-0.25, -0.2) is 0 Å². The molecule has 0 aromatic heterocycles. The van der Waals surface area contributed by atoms with Gasteiger partial charge in [0, 0.05) is 15.7 Å². The topological polar surface area (TPSA) is 69.1 Å². The summed E-state index contributed by atoms with van der Waals surface area (Å²) in [5, 5.41) is 0. The van der Waals surface area contributed by atoms with Gasteiger partial charge in [-0.2, -0.15) is 13.2 Å². The van der Waals surface area contributed by atoms with Crippen molar-refractivity contribution in [1.82, 2.24) is 0 Å². The molecule has 1 rings (SSSR count). The summed E-state index contributed by atoms with van der Waals surface area (Å²) in [6.45, 7) is 0. The molecule has 0 fully saturated rings. The van der Waals surface area contributed by atoms with Gasteiger partial charge in [-0.3, -0.25) is 4.79 Å². The van der Waals surface area contributed by atoms with Crippen molar-refractivity contribution < 1.29 is 18.0 Å². The van der Waals surface area contributed by atoms with Gasteiger partial charge in [-0.15, -0.1) is 0 Å². The summed E-state index contributed by atoms with van der Waals surface area (Å²) in [5.41, 5.74) is 8.48. The monoisotopic (exact) mass is 282 g/mol. The maximum atomic E-state index is 12.4. The van der Waals surface area contributed by atoms with Crippen LogP contribution in [0.4, 0.5) is 18.9 Å². The Hall–Kier alpha value is -1.24. The van der Waals surface area contributed by atoms with Crippen LogP contribution in [-0.2, 0) is 6.18 Å². The molecule has 0 radical (unpaired) electrons. The number of hydrogen-bond acceptors (Lipinski definition) is 2. The Balaban J connectivity index is 3.41. The fraction of sp³-hybridized carbons (Fsp3) is 0.125.